The first-order chi connectivity index (χ1) is 9.56. The summed E-state index contributed by atoms with van der Waals surface area (Å²) in [6, 6.07) is 5.08. The molecule has 1 heterocycles. The lowest BCUT2D eigenvalue weighted by molar-refractivity contribution is 0.320. The quantitative estimate of drug-likeness (QED) is 0.915. The van der Waals surface area contributed by atoms with Gasteiger partial charge in [0.1, 0.15) is 0 Å². The van der Waals surface area contributed by atoms with Crippen LogP contribution in [0.2, 0.25) is 0 Å². The summed E-state index contributed by atoms with van der Waals surface area (Å²) in [6.45, 7) is 6.16. The standard InChI is InChI=1S/C16H22F2N2/c1-10(2)16-8-19-15(11-3-4-11)9-20(16)12-5-6-13(17)14(18)7-12/h5-7,10-11,15-16,19H,3-4,8-9H2,1-2H3. The van der Waals surface area contributed by atoms with Crippen molar-refractivity contribution in [1.29, 1.82) is 0 Å². The van der Waals surface area contributed by atoms with E-state index < -0.39 is 11.6 Å². The van der Waals surface area contributed by atoms with E-state index in [0.717, 1.165) is 24.7 Å². The third-order valence-electron chi connectivity index (χ3n) is 4.58. The van der Waals surface area contributed by atoms with E-state index in [9.17, 15) is 8.78 Å². The predicted molar refractivity (Wildman–Crippen MR) is 76.8 cm³/mol. The smallest absolute Gasteiger partial charge is 0.160 e. The highest BCUT2D eigenvalue weighted by Gasteiger charge is 2.38. The van der Waals surface area contributed by atoms with Gasteiger partial charge in [0.25, 0.3) is 0 Å². The van der Waals surface area contributed by atoms with E-state index in [1.165, 1.54) is 25.0 Å². The summed E-state index contributed by atoms with van der Waals surface area (Å²) in [5, 5.41) is 3.63. The molecular weight excluding hydrogens is 258 g/mol. The predicted octanol–water partition coefficient (Wildman–Crippen LogP) is 3.18. The van der Waals surface area contributed by atoms with Gasteiger partial charge in [-0.25, -0.2) is 8.78 Å². The Morgan fingerprint density at radius 2 is 1.95 bits per heavy atom. The molecule has 1 saturated heterocycles. The average Bonchev–Trinajstić information content (AvgIpc) is 3.25. The molecule has 1 saturated carbocycles. The molecule has 2 atom stereocenters. The Morgan fingerprint density at radius 1 is 1.20 bits per heavy atom. The second kappa shape index (κ2) is 5.32. The zero-order chi connectivity index (χ0) is 14.3. The molecule has 1 aliphatic carbocycles. The number of piperazine rings is 1. The van der Waals surface area contributed by atoms with Gasteiger partial charge in [-0.2, -0.15) is 0 Å². The van der Waals surface area contributed by atoms with Gasteiger partial charge in [-0.05, 0) is 36.8 Å². The Morgan fingerprint density at radius 3 is 2.55 bits per heavy atom. The van der Waals surface area contributed by atoms with Gasteiger partial charge < -0.3 is 10.2 Å². The molecule has 2 unspecified atom stereocenters. The maximum absolute atomic E-state index is 13.5. The molecule has 0 spiro atoms. The molecule has 3 rings (SSSR count). The summed E-state index contributed by atoms with van der Waals surface area (Å²) in [5.41, 5.74) is 0.801. The van der Waals surface area contributed by atoms with Crippen LogP contribution in [-0.2, 0) is 0 Å². The number of nitrogens with one attached hydrogen (secondary N) is 1. The summed E-state index contributed by atoms with van der Waals surface area (Å²) in [6.07, 6.45) is 2.57. The Bertz CT molecular complexity index is 485. The van der Waals surface area contributed by atoms with E-state index >= 15 is 0 Å². The number of halogens is 2. The van der Waals surface area contributed by atoms with Crippen molar-refractivity contribution in [1.82, 2.24) is 5.32 Å². The highest BCUT2D eigenvalue weighted by molar-refractivity contribution is 5.49. The number of anilines is 1. The lowest BCUT2D eigenvalue weighted by atomic mass is 9.96. The van der Waals surface area contributed by atoms with Crippen LogP contribution in [0.15, 0.2) is 18.2 Å². The van der Waals surface area contributed by atoms with E-state index in [4.69, 9.17) is 0 Å². The first kappa shape index (κ1) is 13.8. The number of nitrogens with zero attached hydrogens (tertiary/aromatic N) is 1. The zero-order valence-corrected chi connectivity index (χ0v) is 12.1. The molecule has 0 radical (unpaired) electrons. The van der Waals surface area contributed by atoms with E-state index in [-0.39, 0.29) is 0 Å². The minimum absolute atomic E-state index is 0.329. The molecular formula is C16H22F2N2. The van der Waals surface area contributed by atoms with Gasteiger partial charge in [-0.1, -0.05) is 13.8 Å². The topological polar surface area (TPSA) is 15.3 Å². The van der Waals surface area contributed by atoms with Gasteiger partial charge in [0.05, 0.1) is 0 Å². The van der Waals surface area contributed by atoms with Crippen LogP contribution < -0.4 is 10.2 Å². The molecule has 2 nitrogen and oxygen atoms in total. The van der Waals surface area contributed by atoms with E-state index in [1.54, 1.807) is 6.07 Å². The molecule has 0 bridgehead atoms. The molecule has 0 aromatic heterocycles. The third kappa shape index (κ3) is 2.66. The Labute approximate surface area is 119 Å². The van der Waals surface area contributed by atoms with Crippen molar-refractivity contribution in [2.24, 2.45) is 11.8 Å². The van der Waals surface area contributed by atoms with Crippen LogP contribution in [0.25, 0.3) is 0 Å². The average molecular weight is 280 g/mol. The monoisotopic (exact) mass is 280 g/mol. The minimum Gasteiger partial charge on any atom is -0.365 e. The molecule has 2 aliphatic rings. The highest BCUT2D eigenvalue weighted by Crippen LogP contribution is 2.36. The second-order valence-corrected chi connectivity index (χ2v) is 6.41. The number of benzene rings is 1. The van der Waals surface area contributed by atoms with Gasteiger partial charge in [0, 0.05) is 36.9 Å². The molecule has 1 N–H and O–H groups in total. The van der Waals surface area contributed by atoms with Gasteiger partial charge in [-0.3, -0.25) is 0 Å². The lowest BCUT2D eigenvalue weighted by Crippen LogP contribution is -2.59. The molecule has 1 aromatic rings. The van der Waals surface area contributed by atoms with E-state index in [2.05, 4.69) is 24.1 Å². The van der Waals surface area contributed by atoms with E-state index in [0.29, 0.717) is 18.0 Å². The Balaban J connectivity index is 1.85. The number of hydrogen-bond acceptors (Lipinski definition) is 2. The highest BCUT2D eigenvalue weighted by atomic mass is 19.2. The molecule has 2 fully saturated rings. The van der Waals surface area contributed by atoms with E-state index in [1.807, 2.05) is 0 Å². The van der Waals surface area contributed by atoms with Gasteiger partial charge in [0.15, 0.2) is 11.6 Å². The van der Waals surface area contributed by atoms with Crippen molar-refractivity contribution < 1.29 is 8.78 Å². The maximum atomic E-state index is 13.5. The fourth-order valence-corrected chi connectivity index (χ4v) is 3.16. The molecule has 0 amide bonds. The van der Waals surface area contributed by atoms with Crippen LogP contribution in [0.1, 0.15) is 26.7 Å². The third-order valence-corrected chi connectivity index (χ3v) is 4.58. The molecule has 20 heavy (non-hydrogen) atoms. The van der Waals surface area contributed by atoms with Crippen LogP contribution >= 0.6 is 0 Å². The van der Waals surface area contributed by atoms with Crippen LogP contribution in [-0.4, -0.2) is 25.2 Å². The van der Waals surface area contributed by atoms with Crippen molar-refractivity contribution in [2.75, 3.05) is 18.0 Å². The maximum Gasteiger partial charge on any atom is 0.160 e. The summed E-state index contributed by atoms with van der Waals surface area (Å²) in [7, 11) is 0. The van der Waals surface area contributed by atoms with Crippen LogP contribution in [0.4, 0.5) is 14.5 Å². The fraction of sp³-hybridized carbons (Fsp3) is 0.625. The van der Waals surface area contributed by atoms with Crippen molar-refractivity contribution in [3.05, 3.63) is 29.8 Å². The minimum atomic E-state index is -0.774. The molecule has 4 heteroatoms. The van der Waals surface area contributed by atoms with Crippen molar-refractivity contribution in [3.63, 3.8) is 0 Å². The summed E-state index contributed by atoms with van der Waals surface area (Å²) in [5.74, 6) is -0.304. The zero-order valence-electron chi connectivity index (χ0n) is 12.1. The van der Waals surface area contributed by atoms with Crippen LogP contribution in [0.5, 0.6) is 0 Å². The normalized spacial score (nSPS) is 27.1. The molecule has 1 aliphatic heterocycles. The lowest BCUT2D eigenvalue weighted by Gasteiger charge is -2.44. The van der Waals surface area contributed by atoms with Crippen molar-refractivity contribution in [2.45, 2.75) is 38.8 Å². The Kier molecular flexibility index (Phi) is 3.67. The van der Waals surface area contributed by atoms with Crippen molar-refractivity contribution >= 4 is 5.69 Å². The summed E-state index contributed by atoms with van der Waals surface area (Å²) in [4.78, 5) is 2.26. The number of rotatable bonds is 3. The largest absolute Gasteiger partial charge is 0.365 e. The van der Waals surface area contributed by atoms with Crippen LogP contribution in [0, 0.1) is 23.5 Å². The Hall–Kier alpha value is -1.16. The summed E-state index contributed by atoms with van der Waals surface area (Å²) >= 11 is 0. The first-order valence-electron chi connectivity index (χ1n) is 7.51. The first-order valence-corrected chi connectivity index (χ1v) is 7.51. The summed E-state index contributed by atoms with van der Waals surface area (Å²) < 4.78 is 26.6. The number of hydrogen-bond donors (Lipinski definition) is 1. The van der Waals surface area contributed by atoms with Crippen LogP contribution in [0.3, 0.4) is 0 Å². The van der Waals surface area contributed by atoms with Gasteiger partial charge in [0.2, 0.25) is 0 Å². The SMILES string of the molecule is CC(C)C1CNC(C2CC2)CN1c1ccc(F)c(F)c1. The second-order valence-electron chi connectivity index (χ2n) is 6.41. The molecule has 110 valence electrons. The van der Waals surface area contributed by atoms with Crippen molar-refractivity contribution in [3.8, 4) is 0 Å². The van der Waals surface area contributed by atoms with Gasteiger partial charge in [-0.15, -0.1) is 0 Å². The molecule has 1 aromatic carbocycles. The fourth-order valence-electron chi connectivity index (χ4n) is 3.16. The van der Waals surface area contributed by atoms with Gasteiger partial charge >= 0.3 is 0 Å².